The minimum Gasteiger partial charge on any atom is -0.330 e. The van der Waals surface area contributed by atoms with Crippen LogP contribution in [0, 0.1) is 12.8 Å². The summed E-state index contributed by atoms with van der Waals surface area (Å²) in [5.74, 6) is 0.572. The normalized spacial score (nSPS) is 12.8. The molecule has 0 radical (unpaired) electrons. The van der Waals surface area contributed by atoms with Crippen molar-refractivity contribution < 1.29 is 4.79 Å². The lowest BCUT2D eigenvalue weighted by molar-refractivity contribution is 0.0961. The first kappa shape index (κ1) is 11.4. The van der Waals surface area contributed by atoms with E-state index in [0.29, 0.717) is 18.9 Å². The Morgan fingerprint density at radius 3 is 2.79 bits per heavy atom. The number of hydrogen-bond acceptors (Lipinski definition) is 3. The van der Waals surface area contributed by atoms with E-state index in [2.05, 4.69) is 6.92 Å². The summed E-state index contributed by atoms with van der Waals surface area (Å²) >= 11 is 1.62. The molecule has 3 heteroatoms. The molecule has 1 rings (SSSR count). The molecule has 0 aromatic carbocycles. The van der Waals surface area contributed by atoms with Crippen LogP contribution < -0.4 is 5.73 Å². The van der Waals surface area contributed by atoms with Gasteiger partial charge in [-0.15, -0.1) is 11.3 Å². The van der Waals surface area contributed by atoms with E-state index in [1.165, 1.54) is 0 Å². The zero-order chi connectivity index (χ0) is 10.6. The van der Waals surface area contributed by atoms with Crippen LogP contribution in [0.2, 0.25) is 0 Å². The summed E-state index contributed by atoms with van der Waals surface area (Å²) in [7, 11) is 0. The summed E-state index contributed by atoms with van der Waals surface area (Å²) < 4.78 is 0. The molecule has 0 fully saturated rings. The highest BCUT2D eigenvalue weighted by molar-refractivity contribution is 7.10. The van der Waals surface area contributed by atoms with Gasteiger partial charge in [0, 0.05) is 16.9 Å². The minimum absolute atomic E-state index is 0.237. The zero-order valence-corrected chi connectivity index (χ0v) is 9.56. The van der Waals surface area contributed by atoms with E-state index in [1.807, 2.05) is 18.4 Å². The van der Waals surface area contributed by atoms with Crippen LogP contribution in [0.5, 0.6) is 0 Å². The Balaban J connectivity index is 2.63. The number of carbonyl (C=O) groups is 1. The van der Waals surface area contributed by atoms with Crippen molar-refractivity contribution in [1.29, 1.82) is 0 Å². The first-order valence-electron chi connectivity index (χ1n) is 4.96. The number of Topliss-reactive ketones (excluding diaryl/α,β-unsaturated/α-hetero) is 1. The lowest BCUT2D eigenvalue weighted by atomic mass is 9.97. The highest BCUT2D eigenvalue weighted by Crippen LogP contribution is 2.19. The third-order valence-electron chi connectivity index (χ3n) is 2.54. The number of ketones is 1. The van der Waals surface area contributed by atoms with E-state index in [4.69, 9.17) is 5.73 Å². The van der Waals surface area contributed by atoms with Crippen molar-refractivity contribution >= 4 is 17.1 Å². The van der Waals surface area contributed by atoms with Gasteiger partial charge in [0.1, 0.15) is 0 Å². The van der Waals surface area contributed by atoms with Gasteiger partial charge in [-0.1, -0.05) is 13.3 Å². The fourth-order valence-corrected chi connectivity index (χ4v) is 2.16. The molecule has 0 bridgehead atoms. The Labute approximate surface area is 89.1 Å². The summed E-state index contributed by atoms with van der Waals surface area (Å²) in [6.07, 6.45) is 1.57. The molecule has 0 saturated heterocycles. The van der Waals surface area contributed by atoms with Gasteiger partial charge in [-0.25, -0.2) is 0 Å². The van der Waals surface area contributed by atoms with Gasteiger partial charge < -0.3 is 5.73 Å². The van der Waals surface area contributed by atoms with Crippen molar-refractivity contribution in [2.45, 2.75) is 26.7 Å². The van der Waals surface area contributed by atoms with E-state index in [0.717, 1.165) is 16.9 Å². The molecular formula is C11H17NOS. The molecule has 14 heavy (non-hydrogen) atoms. The molecule has 2 N–H and O–H groups in total. The molecule has 1 heterocycles. The van der Waals surface area contributed by atoms with Gasteiger partial charge in [-0.3, -0.25) is 4.79 Å². The molecule has 0 saturated carbocycles. The molecule has 2 nitrogen and oxygen atoms in total. The average molecular weight is 211 g/mol. The van der Waals surface area contributed by atoms with Gasteiger partial charge in [0.2, 0.25) is 0 Å². The summed E-state index contributed by atoms with van der Waals surface area (Å²) in [6, 6.07) is 1.91. The van der Waals surface area contributed by atoms with Crippen LogP contribution in [0.4, 0.5) is 0 Å². The van der Waals surface area contributed by atoms with Crippen LogP contribution in [-0.4, -0.2) is 12.3 Å². The second-order valence-corrected chi connectivity index (χ2v) is 4.65. The van der Waals surface area contributed by atoms with Crippen LogP contribution in [0.25, 0.3) is 0 Å². The van der Waals surface area contributed by atoms with Crippen molar-refractivity contribution in [3.63, 3.8) is 0 Å². The second kappa shape index (κ2) is 5.27. The maximum Gasteiger partial charge on any atom is 0.164 e. The van der Waals surface area contributed by atoms with Gasteiger partial charge in [0.15, 0.2) is 5.78 Å². The molecule has 78 valence electrons. The number of hydrogen-bond donors (Lipinski definition) is 1. The van der Waals surface area contributed by atoms with Crippen LogP contribution in [0.1, 0.15) is 35.0 Å². The smallest absolute Gasteiger partial charge is 0.164 e. The molecule has 1 atom stereocenters. The highest BCUT2D eigenvalue weighted by Gasteiger charge is 2.14. The number of rotatable bonds is 5. The third-order valence-corrected chi connectivity index (χ3v) is 3.39. The Hall–Kier alpha value is -0.670. The maximum absolute atomic E-state index is 11.8. The lowest BCUT2D eigenvalue weighted by Gasteiger charge is -2.10. The quantitative estimate of drug-likeness (QED) is 0.761. The minimum atomic E-state index is 0.237. The topological polar surface area (TPSA) is 43.1 Å². The Morgan fingerprint density at radius 2 is 2.36 bits per heavy atom. The number of aryl methyl sites for hydroxylation is 1. The van der Waals surface area contributed by atoms with Crippen LogP contribution in [0.3, 0.4) is 0 Å². The zero-order valence-electron chi connectivity index (χ0n) is 8.75. The first-order valence-corrected chi connectivity index (χ1v) is 5.84. The molecular weight excluding hydrogens is 194 g/mol. The van der Waals surface area contributed by atoms with E-state index >= 15 is 0 Å². The number of nitrogens with two attached hydrogens (primary N) is 1. The van der Waals surface area contributed by atoms with E-state index in [-0.39, 0.29) is 5.78 Å². The summed E-state index contributed by atoms with van der Waals surface area (Å²) in [6.45, 7) is 4.66. The molecule has 1 unspecified atom stereocenters. The van der Waals surface area contributed by atoms with Gasteiger partial charge in [0.05, 0.1) is 0 Å². The van der Waals surface area contributed by atoms with Crippen molar-refractivity contribution in [3.05, 3.63) is 21.9 Å². The Bertz CT molecular complexity index is 302. The SMILES string of the molecule is CCC(CN)CC(=O)c1ccsc1C. The van der Waals surface area contributed by atoms with Gasteiger partial charge in [-0.05, 0) is 30.8 Å². The number of carbonyl (C=O) groups excluding carboxylic acids is 1. The fraction of sp³-hybridized carbons (Fsp3) is 0.545. The van der Waals surface area contributed by atoms with Crippen molar-refractivity contribution in [1.82, 2.24) is 0 Å². The van der Waals surface area contributed by atoms with Crippen molar-refractivity contribution in [2.75, 3.05) is 6.54 Å². The highest BCUT2D eigenvalue weighted by atomic mass is 32.1. The van der Waals surface area contributed by atoms with Crippen molar-refractivity contribution in [2.24, 2.45) is 11.7 Å². The third kappa shape index (κ3) is 2.66. The summed E-state index contributed by atoms with van der Waals surface area (Å²) in [4.78, 5) is 12.9. The second-order valence-electron chi connectivity index (χ2n) is 3.53. The average Bonchev–Trinajstić information content (AvgIpc) is 2.60. The van der Waals surface area contributed by atoms with Gasteiger partial charge >= 0.3 is 0 Å². The molecule has 0 spiro atoms. The molecule has 0 amide bonds. The van der Waals surface area contributed by atoms with Crippen molar-refractivity contribution in [3.8, 4) is 0 Å². The van der Waals surface area contributed by atoms with E-state index in [9.17, 15) is 4.79 Å². The fourth-order valence-electron chi connectivity index (χ4n) is 1.44. The molecule has 1 aromatic rings. The summed E-state index contributed by atoms with van der Waals surface area (Å²) in [5.41, 5.74) is 6.45. The first-order chi connectivity index (χ1) is 6.69. The van der Waals surface area contributed by atoms with E-state index < -0.39 is 0 Å². The predicted molar refractivity (Wildman–Crippen MR) is 60.8 cm³/mol. The molecule has 0 aliphatic rings. The lowest BCUT2D eigenvalue weighted by Crippen LogP contribution is -2.17. The van der Waals surface area contributed by atoms with Crippen LogP contribution in [0.15, 0.2) is 11.4 Å². The van der Waals surface area contributed by atoms with E-state index in [1.54, 1.807) is 11.3 Å². The molecule has 0 aliphatic carbocycles. The summed E-state index contributed by atoms with van der Waals surface area (Å²) in [5, 5.41) is 1.96. The predicted octanol–water partition coefficient (Wildman–Crippen LogP) is 2.61. The Morgan fingerprint density at radius 1 is 1.64 bits per heavy atom. The maximum atomic E-state index is 11.8. The van der Waals surface area contributed by atoms with Gasteiger partial charge in [0.25, 0.3) is 0 Å². The van der Waals surface area contributed by atoms with Crippen LogP contribution in [-0.2, 0) is 0 Å². The number of thiophene rings is 1. The monoisotopic (exact) mass is 211 g/mol. The van der Waals surface area contributed by atoms with Gasteiger partial charge in [-0.2, -0.15) is 0 Å². The largest absolute Gasteiger partial charge is 0.330 e. The molecule has 0 aliphatic heterocycles. The Kier molecular flexibility index (Phi) is 4.29. The molecule has 1 aromatic heterocycles. The standard InChI is InChI=1S/C11H17NOS/c1-3-9(7-12)6-11(13)10-4-5-14-8(10)2/h4-5,9H,3,6-7,12H2,1-2H3. The van der Waals surface area contributed by atoms with Crippen LogP contribution >= 0.6 is 11.3 Å².